The molecule has 0 aliphatic carbocycles. The maximum Gasteiger partial charge on any atom is 0.305 e. The van der Waals surface area contributed by atoms with Crippen LogP contribution in [0.1, 0.15) is 53.4 Å². The number of aliphatic hydroxyl groups is 2. The fourth-order valence-corrected chi connectivity index (χ4v) is 2.35. The summed E-state index contributed by atoms with van der Waals surface area (Å²) in [6.45, 7) is 3.88. The molecule has 0 saturated heterocycles. The predicted molar refractivity (Wildman–Crippen MR) is 115 cm³/mol. The van der Waals surface area contributed by atoms with Gasteiger partial charge >= 0.3 is 23.9 Å². The Balaban J connectivity index is 5.43. The Morgan fingerprint density at radius 1 is 0.515 bits per heavy atom. The third-order valence-electron chi connectivity index (χ3n) is 4.80. The van der Waals surface area contributed by atoms with Gasteiger partial charge in [-0.3, -0.25) is 19.2 Å². The van der Waals surface area contributed by atoms with E-state index in [0.717, 1.165) is 0 Å². The molecule has 0 amide bonds. The minimum Gasteiger partial charge on any atom is -0.465 e. The minimum absolute atomic E-state index is 0.121. The van der Waals surface area contributed by atoms with Crippen LogP contribution in [0.4, 0.5) is 0 Å². The molecule has 0 heterocycles. The number of carbonyl (C=O) groups excluding carboxylic acids is 4. The van der Waals surface area contributed by atoms with E-state index in [-0.39, 0.29) is 65.3 Å². The molecule has 0 bridgehead atoms. The lowest BCUT2D eigenvalue weighted by atomic mass is 9.90. The van der Waals surface area contributed by atoms with Crippen LogP contribution in [-0.2, 0) is 42.9 Å². The highest BCUT2D eigenvalue weighted by Crippen LogP contribution is 2.24. The molecular formula is C22H38O11. The van der Waals surface area contributed by atoms with Crippen molar-refractivity contribution in [3.05, 3.63) is 0 Å². The van der Waals surface area contributed by atoms with Crippen molar-refractivity contribution >= 4 is 23.9 Å². The number of carbonyl (C=O) groups is 4. The largest absolute Gasteiger partial charge is 0.465 e. The van der Waals surface area contributed by atoms with Crippen molar-refractivity contribution in [2.45, 2.75) is 53.4 Å². The summed E-state index contributed by atoms with van der Waals surface area (Å²) in [6.07, 6.45) is 0.485. The van der Waals surface area contributed by atoms with Crippen molar-refractivity contribution in [1.29, 1.82) is 0 Å². The lowest BCUT2D eigenvalue weighted by Gasteiger charge is -2.34. The maximum atomic E-state index is 11.6. The first-order valence-electron chi connectivity index (χ1n) is 11.1. The molecule has 0 aromatic heterocycles. The molecule has 11 heteroatoms. The number of rotatable bonds is 18. The predicted octanol–water partition coefficient (Wildman–Crippen LogP) is 0.773. The molecule has 0 radical (unpaired) electrons. The summed E-state index contributed by atoms with van der Waals surface area (Å²) < 4.78 is 26.3. The zero-order valence-corrected chi connectivity index (χ0v) is 20.1. The number of esters is 4. The van der Waals surface area contributed by atoms with Crippen LogP contribution in [0.2, 0.25) is 0 Å². The highest BCUT2D eigenvalue weighted by Gasteiger charge is 2.38. The van der Waals surface area contributed by atoms with E-state index >= 15 is 0 Å². The van der Waals surface area contributed by atoms with E-state index < -0.39 is 47.9 Å². The van der Waals surface area contributed by atoms with Gasteiger partial charge in [-0.25, -0.2) is 0 Å². The van der Waals surface area contributed by atoms with Gasteiger partial charge in [0.05, 0.1) is 37.3 Å². The summed E-state index contributed by atoms with van der Waals surface area (Å²) in [5.74, 6) is -2.01. The van der Waals surface area contributed by atoms with E-state index in [2.05, 4.69) is 0 Å². The monoisotopic (exact) mass is 478 g/mol. The lowest BCUT2D eigenvalue weighted by molar-refractivity contribution is -0.167. The van der Waals surface area contributed by atoms with Gasteiger partial charge in [0.15, 0.2) is 0 Å². The zero-order chi connectivity index (χ0) is 25.3. The number of hydrogen-bond donors (Lipinski definition) is 2. The lowest BCUT2D eigenvalue weighted by Crippen LogP contribution is -2.46. The van der Waals surface area contributed by atoms with Gasteiger partial charge in [0.1, 0.15) is 26.4 Å². The van der Waals surface area contributed by atoms with E-state index in [1.165, 1.54) is 0 Å². The van der Waals surface area contributed by atoms with Crippen LogP contribution in [0, 0.1) is 10.8 Å². The molecule has 0 atom stereocenters. The van der Waals surface area contributed by atoms with Crippen LogP contribution in [0.15, 0.2) is 0 Å². The second-order valence-electron chi connectivity index (χ2n) is 7.87. The van der Waals surface area contributed by atoms with Gasteiger partial charge in [0, 0.05) is 25.7 Å². The zero-order valence-electron chi connectivity index (χ0n) is 20.1. The van der Waals surface area contributed by atoms with Gasteiger partial charge < -0.3 is 33.9 Å². The summed E-state index contributed by atoms with van der Waals surface area (Å²) >= 11 is 0. The average molecular weight is 479 g/mol. The summed E-state index contributed by atoms with van der Waals surface area (Å²) in [5, 5.41) is 20.0. The molecule has 33 heavy (non-hydrogen) atoms. The Labute approximate surface area is 194 Å². The maximum absolute atomic E-state index is 11.6. The average Bonchev–Trinajstić information content (AvgIpc) is 2.85. The molecule has 0 saturated carbocycles. The second kappa shape index (κ2) is 16.4. The Morgan fingerprint density at radius 3 is 0.939 bits per heavy atom. The van der Waals surface area contributed by atoms with E-state index in [1.807, 2.05) is 0 Å². The molecule has 0 aliphatic heterocycles. The summed E-state index contributed by atoms with van der Waals surface area (Å²) in [7, 11) is 0. The van der Waals surface area contributed by atoms with E-state index in [1.54, 1.807) is 27.7 Å². The molecule has 0 aromatic carbocycles. The van der Waals surface area contributed by atoms with Crippen molar-refractivity contribution in [1.82, 2.24) is 0 Å². The highest BCUT2D eigenvalue weighted by atomic mass is 16.6. The molecule has 0 unspecified atom stereocenters. The Kier molecular flexibility index (Phi) is 15.3. The Bertz CT molecular complexity index is 525. The molecule has 0 spiro atoms. The van der Waals surface area contributed by atoms with Gasteiger partial charge in [-0.1, -0.05) is 27.7 Å². The Hall–Kier alpha value is -2.24. The summed E-state index contributed by atoms with van der Waals surface area (Å²) in [5.41, 5.74) is -2.51. The van der Waals surface area contributed by atoms with Gasteiger partial charge in [-0.15, -0.1) is 0 Å². The van der Waals surface area contributed by atoms with Crippen LogP contribution in [0.5, 0.6) is 0 Å². The first kappa shape index (κ1) is 30.8. The minimum atomic E-state index is -1.25. The van der Waals surface area contributed by atoms with E-state index in [4.69, 9.17) is 23.7 Å². The molecule has 11 nitrogen and oxygen atoms in total. The van der Waals surface area contributed by atoms with Gasteiger partial charge in [-0.05, 0) is 0 Å². The Morgan fingerprint density at radius 2 is 0.758 bits per heavy atom. The van der Waals surface area contributed by atoms with Crippen molar-refractivity contribution in [3.8, 4) is 0 Å². The van der Waals surface area contributed by atoms with Crippen molar-refractivity contribution in [2.75, 3.05) is 52.9 Å². The van der Waals surface area contributed by atoms with Crippen LogP contribution in [0.3, 0.4) is 0 Å². The molecule has 0 fully saturated rings. The van der Waals surface area contributed by atoms with Crippen LogP contribution in [0.25, 0.3) is 0 Å². The highest BCUT2D eigenvalue weighted by molar-refractivity contribution is 5.70. The van der Waals surface area contributed by atoms with Crippen LogP contribution < -0.4 is 0 Å². The first-order chi connectivity index (χ1) is 15.6. The number of aliphatic hydroxyl groups excluding tert-OH is 2. The second-order valence-corrected chi connectivity index (χ2v) is 7.87. The molecule has 192 valence electrons. The molecule has 2 N–H and O–H groups in total. The first-order valence-corrected chi connectivity index (χ1v) is 11.1. The third-order valence-corrected chi connectivity index (χ3v) is 4.80. The summed E-state index contributed by atoms with van der Waals surface area (Å²) in [6, 6.07) is 0. The topological polar surface area (TPSA) is 155 Å². The standard InChI is InChI=1S/C22H38O11/c1-5-17(25)30-13-21(9-23,14-31-18(26)6-2)11-29-12-22(10-24,15-32-19(27)7-3)16-33-20(28)8-4/h23-24H,5-16H2,1-4H3. The smallest absolute Gasteiger partial charge is 0.305 e. The van der Waals surface area contributed by atoms with Crippen LogP contribution >= 0.6 is 0 Å². The van der Waals surface area contributed by atoms with Gasteiger partial charge in [0.2, 0.25) is 0 Å². The van der Waals surface area contributed by atoms with E-state index in [9.17, 15) is 29.4 Å². The van der Waals surface area contributed by atoms with Crippen LogP contribution in [-0.4, -0.2) is 86.9 Å². The van der Waals surface area contributed by atoms with Crippen molar-refractivity contribution < 1.29 is 53.1 Å². The van der Waals surface area contributed by atoms with E-state index in [0.29, 0.717) is 0 Å². The molecule has 0 rings (SSSR count). The number of ether oxygens (including phenoxy) is 5. The quantitative estimate of drug-likeness (QED) is 0.212. The SMILES string of the molecule is CCC(=O)OCC(CO)(COCC(CO)(COC(=O)CC)COC(=O)CC)COC(=O)CC. The third kappa shape index (κ3) is 12.0. The van der Waals surface area contributed by atoms with Gasteiger partial charge in [-0.2, -0.15) is 0 Å². The molecule has 0 aliphatic rings. The normalized spacial score (nSPS) is 11.6. The fourth-order valence-electron chi connectivity index (χ4n) is 2.35. The molecule has 0 aromatic rings. The summed E-state index contributed by atoms with van der Waals surface area (Å²) in [4.78, 5) is 46.5. The number of hydrogen-bond acceptors (Lipinski definition) is 11. The van der Waals surface area contributed by atoms with Gasteiger partial charge in [0.25, 0.3) is 0 Å². The van der Waals surface area contributed by atoms with Crippen molar-refractivity contribution in [3.63, 3.8) is 0 Å². The molecular weight excluding hydrogens is 440 g/mol. The fraction of sp³-hybridized carbons (Fsp3) is 0.818. The van der Waals surface area contributed by atoms with Crippen molar-refractivity contribution in [2.24, 2.45) is 10.8 Å².